The highest BCUT2D eigenvalue weighted by Crippen LogP contribution is 2.33. The van der Waals surface area contributed by atoms with Crippen molar-refractivity contribution in [1.82, 2.24) is 0 Å². The fourth-order valence-corrected chi connectivity index (χ4v) is 3.47. The normalized spacial score (nSPS) is 11.4. The standard InChI is InChI=1S/C19H22N2O5S/c1-10-12(3)27-18(20-13(4)22)16(10)19(24)26-11(2)17(23)21-14-8-6-7-9-15(14)25-5/h6-9,11H,1-5H3,(H,20,22)(H,21,23)/t11-/m0/s1. The molecule has 1 atom stereocenters. The molecule has 2 rings (SSSR count). The number of esters is 1. The van der Waals surface area contributed by atoms with Gasteiger partial charge in [0.1, 0.15) is 10.8 Å². The van der Waals surface area contributed by atoms with Crippen LogP contribution in [0.15, 0.2) is 24.3 Å². The molecular formula is C19H22N2O5S. The first-order valence-corrected chi connectivity index (χ1v) is 9.08. The molecule has 2 aromatic rings. The second kappa shape index (κ2) is 8.68. The van der Waals surface area contributed by atoms with Crippen molar-refractivity contribution in [3.8, 4) is 5.75 Å². The molecule has 7 nitrogen and oxygen atoms in total. The zero-order chi connectivity index (χ0) is 20.1. The minimum Gasteiger partial charge on any atom is -0.495 e. The van der Waals surface area contributed by atoms with Crippen molar-refractivity contribution in [2.75, 3.05) is 17.7 Å². The topological polar surface area (TPSA) is 93.7 Å². The maximum atomic E-state index is 12.6. The molecule has 0 aliphatic carbocycles. The van der Waals surface area contributed by atoms with Crippen LogP contribution in [0.2, 0.25) is 0 Å². The van der Waals surface area contributed by atoms with E-state index in [2.05, 4.69) is 10.6 Å². The smallest absolute Gasteiger partial charge is 0.342 e. The van der Waals surface area contributed by atoms with Gasteiger partial charge in [-0.1, -0.05) is 12.1 Å². The summed E-state index contributed by atoms with van der Waals surface area (Å²) in [5, 5.41) is 5.73. The number of para-hydroxylation sites is 2. The van der Waals surface area contributed by atoms with E-state index in [4.69, 9.17) is 9.47 Å². The number of amides is 2. The highest BCUT2D eigenvalue weighted by atomic mass is 32.1. The van der Waals surface area contributed by atoms with Crippen LogP contribution >= 0.6 is 11.3 Å². The Labute approximate surface area is 161 Å². The van der Waals surface area contributed by atoms with Gasteiger partial charge < -0.3 is 20.1 Å². The first-order chi connectivity index (χ1) is 12.7. The highest BCUT2D eigenvalue weighted by molar-refractivity contribution is 7.16. The Bertz CT molecular complexity index is 875. The quantitative estimate of drug-likeness (QED) is 0.736. The zero-order valence-corrected chi connectivity index (χ0v) is 16.7. The zero-order valence-electron chi connectivity index (χ0n) is 15.8. The third-order valence-corrected chi connectivity index (χ3v) is 5.02. The molecule has 1 heterocycles. The van der Waals surface area contributed by atoms with Gasteiger partial charge in [-0.25, -0.2) is 4.79 Å². The Balaban J connectivity index is 2.13. The number of carbonyl (C=O) groups excluding carboxylic acids is 3. The summed E-state index contributed by atoms with van der Waals surface area (Å²) in [6, 6.07) is 6.94. The van der Waals surface area contributed by atoms with Gasteiger partial charge >= 0.3 is 5.97 Å². The minimum absolute atomic E-state index is 0.268. The largest absolute Gasteiger partial charge is 0.495 e. The summed E-state index contributed by atoms with van der Waals surface area (Å²) in [4.78, 5) is 37.2. The number of methoxy groups -OCH3 is 1. The molecule has 0 saturated heterocycles. The van der Waals surface area contributed by atoms with E-state index in [1.54, 1.807) is 31.2 Å². The third-order valence-electron chi connectivity index (χ3n) is 3.90. The van der Waals surface area contributed by atoms with Crippen LogP contribution in [-0.4, -0.2) is 31.0 Å². The van der Waals surface area contributed by atoms with Crippen LogP contribution < -0.4 is 15.4 Å². The van der Waals surface area contributed by atoms with Crippen molar-refractivity contribution in [1.29, 1.82) is 0 Å². The molecule has 27 heavy (non-hydrogen) atoms. The monoisotopic (exact) mass is 390 g/mol. The van der Waals surface area contributed by atoms with Crippen LogP contribution in [0, 0.1) is 13.8 Å². The lowest BCUT2D eigenvalue weighted by Gasteiger charge is -2.15. The van der Waals surface area contributed by atoms with Gasteiger partial charge in [0, 0.05) is 11.8 Å². The number of hydrogen-bond acceptors (Lipinski definition) is 6. The molecule has 0 fully saturated rings. The summed E-state index contributed by atoms with van der Waals surface area (Å²) in [6.45, 7) is 6.46. The van der Waals surface area contributed by atoms with Crippen molar-refractivity contribution in [2.24, 2.45) is 0 Å². The lowest BCUT2D eigenvalue weighted by molar-refractivity contribution is -0.123. The first-order valence-electron chi connectivity index (χ1n) is 8.27. The summed E-state index contributed by atoms with van der Waals surface area (Å²) in [6.07, 6.45) is -1.04. The van der Waals surface area contributed by atoms with Gasteiger partial charge in [-0.05, 0) is 38.5 Å². The van der Waals surface area contributed by atoms with Gasteiger partial charge in [0.25, 0.3) is 5.91 Å². The molecule has 1 aromatic carbocycles. The van der Waals surface area contributed by atoms with Gasteiger partial charge in [-0.2, -0.15) is 0 Å². The van der Waals surface area contributed by atoms with Gasteiger partial charge in [-0.15, -0.1) is 11.3 Å². The van der Waals surface area contributed by atoms with Crippen LogP contribution in [0.25, 0.3) is 0 Å². The molecule has 0 aliphatic rings. The minimum atomic E-state index is -1.04. The molecule has 144 valence electrons. The van der Waals surface area contributed by atoms with Gasteiger partial charge in [0.2, 0.25) is 5.91 Å². The van der Waals surface area contributed by atoms with E-state index in [1.807, 2.05) is 6.92 Å². The molecule has 0 radical (unpaired) electrons. The second-order valence-electron chi connectivity index (χ2n) is 5.91. The predicted molar refractivity (Wildman–Crippen MR) is 105 cm³/mol. The van der Waals surface area contributed by atoms with Crippen molar-refractivity contribution in [2.45, 2.75) is 33.8 Å². The highest BCUT2D eigenvalue weighted by Gasteiger charge is 2.26. The lowest BCUT2D eigenvalue weighted by atomic mass is 10.1. The molecule has 0 bridgehead atoms. The molecule has 2 amide bonds. The fraction of sp³-hybridized carbons (Fsp3) is 0.316. The van der Waals surface area contributed by atoms with Crippen molar-refractivity contribution < 1.29 is 23.9 Å². The Morgan fingerprint density at radius 1 is 1.11 bits per heavy atom. The molecule has 0 saturated carbocycles. The van der Waals surface area contributed by atoms with Crippen LogP contribution in [0.1, 0.15) is 34.6 Å². The van der Waals surface area contributed by atoms with Crippen molar-refractivity contribution >= 4 is 39.8 Å². The Hall–Kier alpha value is -2.87. The van der Waals surface area contributed by atoms with Crippen LogP contribution in [0.3, 0.4) is 0 Å². The molecule has 0 spiro atoms. The number of ether oxygens (including phenoxy) is 2. The summed E-state index contributed by atoms with van der Waals surface area (Å²) < 4.78 is 10.5. The SMILES string of the molecule is COc1ccccc1NC(=O)[C@H](C)OC(=O)c1c(NC(C)=O)sc(C)c1C. The van der Waals surface area contributed by atoms with E-state index in [-0.39, 0.29) is 11.5 Å². The summed E-state index contributed by atoms with van der Waals surface area (Å²) >= 11 is 1.29. The summed E-state index contributed by atoms with van der Waals surface area (Å²) in [5.74, 6) is -0.935. The number of benzene rings is 1. The molecular weight excluding hydrogens is 368 g/mol. The fourth-order valence-electron chi connectivity index (χ4n) is 2.38. The van der Waals surface area contributed by atoms with Crippen LogP contribution in [-0.2, 0) is 14.3 Å². The van der Waals surface area contributed by atoms with Crippen LogP contribution in [0.5, 0.6) is 5.75 Å². The van der Waals surface area contributed by atoms with E-state index >= 15 is 0 Å². The number of hydrogen-bond donors (Lipinski definition) is 2. The average Bonchev–Trinajstić information content (AvgIpc) is 2.88. The third kappa shape index (κ3) is 4.85. The van der Waals surface area contributed by atoms with Crippen molar-refractivity contribution in [3.63, 3.8) is 0 Å². The Morgan fingerprint density at radius 3 is 2.41 bits per heavy atom. The average molecular weight is 390 g/mol. The molecule has 0 aliphatic heterocycles. The Morgan fingerprint density at radius 2 is 1.78 bits per heavy atom. The number of rotatable bonds is 6. The number of anilines is 2. The van der Waals surface area contributed by atoms with Gasteiger partial charge in [0.15, 0.2) is 6.10 Å². The molecule has 8 heteroatoms. The summed E-state index contributed by atoms with van der Waals surface area (Å²) in [5.41, 5.74) is 1.46. The van der Waals surface area contributed by atoms with Gasteiger partial charge in [0.05, 0.1) is 18.4 Å². The van der Waals surface area contributed by atoms with E-state index < -0.39 is 18.0 Å². The molecule has 2 N–H and O–H groups in total. The maximum Gasteiger partial charge on any atom is 0.342 e. The number of thiophene rings is 1. The number of nitrogens with one attached hydrogen (secondary N) is 2. The van der Waals surface area contributed by atoms with E-state index in [1.165, 1.54) is 32.3 Å². The number of carbonyl (C=O) groups is 3. The van der Waals surface area contributed by atoms with E-state index in [0.29, 0.717) is 22.0 Å². The predicted octanol–water partition coefficient (Wildman–Crippen LogP) is 3.52. The van der Waals surface area contributed by atoms with E-state index in [0.717, 1.165) is 4.88 Å². The van der Waals surface area contributed by atoms with E-state index in [9.17, 15) is 14.4 Å². The lowest BCUT2D eigenvalue weighted by Crippen LogP contribution is -2.30. The summed E-state index contributed by atoms with van der Waals surface area (Å²) in [7, 11) is 1.50. The number of aryl methyl sites for hydroxylation is 1. The van der Waals surface area contributed by atoms with Crippen molar-refractivity contribution in [3.05, 3.63) is 40.3 Å². The van der Waals surface area contributed by atoms with Crippen LogP contribution in [0.4, 0.5) is 10.7 Å². The first kappa shape index (κ1) is 20.4. The molecule has 1 aromatic heterocycles. The maximum absolute atomic E-state index is 12.6. The van der Waals surface area contributed by atoms with Gasteiger partial charge in [-0.3, -0.25) is 9.59 Å². The molecule has 0 unspecified atom stereocenters. The Kier molecular flexibility index (Phi) is 6.57. The second-order valence-corrected chi connectivity index (χ2v) is 7.13.